The summed E-state index contributed by atoms with van der Waals surface area (Å²) in [4.78, 5) is 11.7. The van der Waals surface area contributed by atoms with Gasteiger partial charge in [0, 0.05) is 6.61 Å². The Morgan fingerprint density at radius 3 is 2.44 bits per heavy atom. The fraction of sp³-hybridized carbons (Fsp3) is 0.500. The topological polar surface area (TPSA) is 58.6 Å². The van der Waals surface area contributed by atoms with Crippen LogP contribution in [0.25, 0.3) is 0 Å². The molecule has 4 nitrogen and oxygen atoms in total. The van der Waals surface area contributed by atoms with Crippen LogP contribution in [0.4, 0.5) is 4.79 Å². The van der Waals surface area contributed by atoms with Crippen LogP contribution in [0.15, 0.2) is 30.3 Å². The monoisotopic (exact) mass is 251 g/mol. The summed E-state index contributed by atoms with van der Waals surface area (Å²) >= 11 is 0. The zero-order valence-corrected chi connectivity index (χ0v) is 11.1. The first-order valence-electron chi connectivity index (χ1n) is 6.07. The molecule has 18 heavy (non-hydrogen) atoms. The molecule has 1 aromatic rings. The summed E-state index contributed by atoms with van der Waals surface area (Å²) < 4.78 is 5.20. The maximum atomic E-state index is 11.7. The zero-order chi connectivity index (χ0) is 13.6. The largest absolute Gasteiger partial charge is 0.444 e. The second kappa shape index (κ2) is 6.40. The van der Waals surface area contributed by atoms with E-state index in [2.05, 4.69) is 5.32 Å². The normalized spacial score (nSPS) is 12.9. The molecule has 1 amide bonds. The van der Waals surface area contributed by atoms with Crippen LogP contribution < -0.4 is 5.32 Å². The second-order valence-corrected chi connectivity index (χ2v) is 5.12. The number of hydrogen-bond donors (Lipinski definition) is 2. The van der Waals surface area contributed by atoms with Crippen molar-refractivity contribution in [3.63, 3.8) is 0 Å². The molecule has 0 spiro atoms. The van der Waals surface area contributed by atoms with E-state index in [0.717, 1.165) is 5.56 Å². The van der Waals surface area contributed by atoms with E-state index in [0.29, 0.717) is 6.42 Å². The zero-order valence-electron chi connectivity index (χ0n) is 11.1. The second-order valence-electron chi connectivity index (χ2n) is 5.12. The molecule has 0 aliphatic carbocycles. The summed E-state index contributed by atoms with van der Waals surface area (Å²) in [6, 6.07) is 9.31. The van der Waals surface area contributed by atoms with Gasteiger partial charge in [-0.05, 0) is 32.8 Å². The molecule has 4 heteroatoms. The van der Waals surface area contributed by atoms with E-state index in [1.165, 1.54) is 0 Å². The molecule has 1 aromatic carbocycles. The lowest BCUT2D eigenvalue weighted by Crippen LogP contribution is -2.35. The van der Waals surface area contributed by atoms with Crippen LogP contribution in [-0.2, 0) is 4.74 Å². The molecule has 2 N–H and O–H groups in total. The average Bonchev–Trinajstić information content (AvgIpc) is 2.27. The van der Waals surface area contributed by atoms with Gasteiger partial charge in [-0.15, -0.1) is 0 Å². The van der Waals surface area contributed by atoms with E-state index in [1.807, 2.05) is 51.1 Å². The third-order valence-corrected chi connectivity index (χ3v) is 2.31. The minimum absolute atomic E-state index is 0.00928. The number of ether oxygens (including phenoxy) is 1. The lowest BCUT2D eigenvalue weighted by Gasteiger charge is -2.23. The van der Waals surface area contributed by atoms with Gasteiger partial charge in [0.1, 0.15) is 5.60 Å². The van der Waals surface area contributed by atoms with E-state index in [-0.39, 0.29) is 12.6 Å². The van der Waals surface area contributed by atoms with Crippen LogP contribution in [0.2, 0.25) is 0 Å². The van der Waals surface area contributed by atoms with E-state index >= 15 is 0 Å². The summed E-state index contributed by atoms with van der Waals surface area (Å²) in [6.07, 6.45) is -0.00621. The molecule has 0 aliphatic heterocycles. The molecular weight excluding hydrogens is 230 g/mol. The maximum Gasteiger partial charge on any atom is 0.408 e. The molecule has 0 saturated carbocycles. The SMILES string of the molecule is CC(C)(C)OC(=O)N[C@H](CCO)c1ccccc1. The Hall–Kier alpha value is -1.55. The fourth-order valence-electron chi connectivity index (χ4n) is 1.59. The van der Waals surface area contributed by atoms with Crippen molar-refractivity contribution in [2.75, 3.05) is 6.61 Å². The highest BCUT2D eigenvalue weighted by atomic mass is 16.6. The van der Waals surface area contributed by atoms with Gasteiger partial charge < -0.3 is 15.2 Å². The number of nitrogens with one attached hydrogen (secondary N) is 1. The molecule has 100 valence electrons. The minimum atomic E-state index is -0.523. The van der Waals surface area contributed by atoms with Gasteiger partial charge in [-0.2, -0.15) is 0 Å². The van der Waals surface area contributed by atoms with Gasteiger partial charge in [0.25, 0.3) is 0 Å². The van der Waals surface area contributed by atoms with Crippen molar-refractivity contribution >= 4 is 6.09 Å². The summed E-state index contributed by atoms with van der Waals surface area (Å²) in [5, 5.41) is 11.8. The van der Waals surface area contributed by atoms with Crippen LogP contribution in [-0.4, -0.2) is 23.4 Å². The van der Waals surface area contributed by atoms with Gasteiger partial charge in [-0.3, -0.25) is 0 Å². The van der Waals surface area contributed by atoms with Crippen molar-refractivity contribution in [1.82, 2.24) is 5.32 Å². The Bertz CT molecular complexity index is 370. The third-order valence-electron chi connectivity index (χ3n) is 2.31. The number of benzene rings is 1. The quantitative estimate of drug-likeness (QED) is 0.864. The minimum Gasteiger partial charge on any atom is -0.444 e. The van der Waals surface area contributed by atoms with Crippen LogP contribution in [0.1, 0.15) is 38.8 Å². The van der Waals surface area contributed by atoms with E-state index in [4.69, 9.17) is 9.84 Å². The number of rotatable bonds is 4. The number of alkyl carbamates (subject to hydrolysis) is 1. The molecule has 1 atom stereocenters. The Morgan fingerprint density at radius 1 is 1.33 bits per heavy atom. The van der Waals surface area contributed by atoms with Crippen molar-refractivity contribution in [3.8, 4) is 0 Å². The molecule has 0 fully saturated rings. The summed E-state index contributed by atoms with van der Waals surface area (Å²) in [5.41, 5.74) is 0.433. The van der Waals surface area contributed by atoms with Crippen molar-refractivity contribution in [2.24, 2.45) is 0 Å². The Kier molecular flexibility index (Phi) is 5.16. The van der Waals surface area contributed by atoms with Crippen LogP contribution in [0.5, 0.6) is 0 Å². The molecule has 0 aromatic heterocycles. The number of aliphatic hydroxyl groups excluding tert-OH is 1. The van der Waals surface area contributed by atoms with Crippen molar-refractivity contribution in [2.45, 2.75) is 38.8 Å². The van der Waals surface area contributed by atoms with Crippen molar-refractivity contribution in [1.29, 1.82) is 0 Å². The lowest BCUT2D eigenvalue weighted by molar-refractivity contribution is 0.0496. The van der Waals surface area contributed by atoms with Gasteiger partial charge in [0.15, 0.2) is 0 Å². The third kappa shape index (κ3) is 5.19. The van der Waals surface area contributed by atoms with Gasteiger partial charge in [0.2, 0.25) is 0 Å². The molecule has 0 aliphatic rings. The molecule has 0 radical (unpaired) electrons. The first kappa shape index (κ1) is 14.5. The average molecular weight is 251 g/mol. The van der Waals surface area contributed by atoms with Crippen LogP contribution in [0, 0.1) is 0 Å². The molecular formula is C14H21NO3. The Morgan fingerprint density at radius 2 is 1.94 bits per heavy atom. The van der Waals surface area contributed by atoms with E-state index in [1.54, 1.807) is 0 Å². The predicted octanol–water partition coefficient (Wildman–Crippen LogP) is 2.63. The smallest absolute Gasteiger partial charge is 0.408 e. The van der Waals surface area contributed by atoms with Gasteiger partial charge >= 0.3 is 6.09 Å². The Labute approximate surface area is 108 Å². The summed E-state index contributed by atoms with van der Waals surface area (Å²) in [7, 11) is 0. The van der Waals surface area contributed by atoms with Gasteiger partial charge in [-0.25, -0.2) is 4.79 Å². The van der Waals surface area contributed by atoms with Crippen molar-refractivity contribution in [3.05, 3.63) is 35.9 Å². The molecule has 0 unspecified atom stereocenters. The van der Waals surface area contributed by atoms with E-state index < -0.39 is 11.7 Å². The standard InChI is InChI=1S/C14H21NO3/c1-14(2,3)18-13(17)15-12(9-10-16)11-7-5-4-6-8-11/h4-8,12,16H,9-10H2,1-3H3,(H,15,17)/t12-/m1/s1. The van der Waals surface area contributed by atoms with E-state index in [9.17, 15) is 4.79 Å². The number of carbonyl (C=O) groups excluding carboxylic acids is 1. The first-order chi connectivity index (χ1) is 8.42. The number of hydrogen-bond acceptors (Lipinski definition) is 3. The maximum absolute atomic E-state index is 11.7. The number of aliphatic hydroxyl groups is 1. The van der Waals surface area contributed by atoms with Crippen LogP contribution >= 0.6 is 0 Å². The molecule has 1 rings (SSSR count). The molecule has 0 bridgehead atoms. The Balaban J connectivity index is 2.67. The van der Waals surface area contributed by atoms with Crippen molar-refractivity contribution < 1.29 is 14.6 Å². The number of carbonyl (C=O) groups is 1. The molecule has 0 heterocycles. The summed E-state index contributed by atoms with van der Waals surface area (Å²) in [6.45, 7) is 5.46. The van der Waals surface area contributed by atoms with Gasteiger partial charge in [0.05, 0.1) is 6.04 Å². The predicted molar refractivity (Wildman–Crippen MR) is 70.3 cm³/mol. The lowest BCUT2D eigenvalue weighted by atomic mass is 10.0. The van der Waals surface area contributed by atoms with Gasteiger partial charge in [-0.1, -0.05) is 30.3 Å². The fourth-order valence-corrected chi connectivity index (χ4v) is 1.59. The highest BCUT2D eigenvalue weighted by Gasteiger charge is 2.20. The molecule has 0 saturated heterocycles. The van der Waals surface area contributed by atoms with Crippen LogP contribution in [0.3, 0.4) is 0 Å². The number of amides is 1. The first-order valence-corrected chi connectivity index (χ1v) is 6.07. The highest BCUT2D eigenvalue weighted by Crippen LogP contribution is 2.17. The highest BCUT2D eigenvalue weighted by molar-refractivity contribution is 5.68. The summed E-state index contributed by atoms with van der Waals surface area (Å²) in [5.74, 6) is 0.